The first kappa shape index (κ1) is 16.0. The van der Waals surface area contributed by atoms with Gasteiger partial charge in [0, 0.05) is 23.8 Å². The summed E-state index contributed by atoms with van der Waals surface area (Å²) in [5.41, 5.74) is 0. The summed E-state index contributed by atoms with van der Waals surface area (Å²) in [7, 11) is -2.55. The van der Waals surface area contributed by atoms with Crippen molar-refractivity contribution in [2.45, 2.75) is 29.1 Å². The van der Waals surface area contributed by atoms with E-state index in [0.717, 1.165) is 25.3 Å². The molecule has 0 aliphatic carbocycles. The molecule has 9 heteroatoms. The molecule has 1 saturated heterocycles. The SMILES string of the molecule is O=S(=O)(Cl)c1cc(S(=O)(=O)N2CCCCC2)ccc1Cl. The molecule has 0 saturated carbocycles. The standard InChI is InChI=1S/C11H13Cl2NO4S2/c12-10-5-4-9(8-11(10)19(13,15)16)20(17,18)14-6-2-1-3-7-14/h4-5,8H,1-3,6-7H2. The van der Waals surface area contributed by atoms with Crippen molar-refractivity contribution in [3.05, 3.63) is 23.2 Å². The summed E-state index contributed by atoms with van der Waals surface area (Å²) in [5.74, 6) is 0. The third-order valence-corrected chi connectivity index (χ3v) is 6.82. The van der Waals surface area contributed by atoms with Gasteiger partial charge in [-0.05, 0) is 31.0 Å². The van der Waals surface area contributed by atoms with Crippen molar-refractivity contribution in [2.24, 2.45) is 0 Å². The lowest BCUT2D eigenvalue weighted by Gasteiger charge is -2.26. The number of nitrogens with zero attached hydrogens (tertiary/aromatic N) is 1. The first-order valence-corrected chi connectivity index (χ1v) is 10.1. The van der Waals surface area contributed by atoms with Crippen molar-refractivity contribution in [1.29, 1.82) is 0 Å². The number of sulfonamides is 1. The predicted molar refractivity (Wildman–Crippen MR) is 77.1 cm³/mol. The van der Waals surface area contributed by atoms with Gasteiger partial charge in [0.2, 0.25) is 10.0 Å². The summed E-state index contributed by atoms with van der Waals surface area (Å²) in [6, 6.07) is 3.53. The fourth-order valence-corrected chi connectivity index (χ4v) is 5.20. The molecule has 1 aromatic carbocycles. The minimum atomic E-state index is -4.09. The van der Waals surface area contributed by atoms with Crippen molar-refractivity contribution < 1.29 is 16.8 Å². The molecule has 0 amide bonds. The third kappa shape index (κ3) is 3.28. The predicted octanol–water partition coefficient (Wildman–Crippen LogP) is 2.44. The molecule has 0 bridgehead atoms. The first-order valence-electron chi connectivity index (χ1n) is 5.97. The summed E-state index contributed by atoms with van der Waals surface area (Å²) in [6.07, 6.45) is 2.59. The van der Waals surface area contributed by atoms with Crippen LogP contribution in [0, 0.1) is 0 Å². The highest BCUT2D eigenvalue weighted by Gasteiger charge is 2.28. The van der Waals surface area contributed by atoms with Crippen LogP contribution in [0.25, 0.3) is 0 Å². The first-order chi connectivity index (χ1) is 9.23. The van der Waals surface area contributed by atoms with E-state index in [2.05, 4.69) is 0 Å². The van der Waals surface area contributed by atoms with E-state index < -0.39 is 19.1 Å². The molecule has 112 valence electrons. The highest BCUT2D eigenvalue weighted by molar-refractivity contribution is 8.13. The average Bonchev–Trinajstić information content (AvgIpc) is 2.38. The Morgan fingerprint density at radius 1 is 1.00 bits per heavy atom. The lowest BCUT2D eigenvalue weighted by Crippen LogP contribution is -2.35. The van der Waals surface area contributed by atoms with Crippen molar-refractivity contribution in [3.8, 4) is 0 Å². The number of benzene rings is 1. The van der Waals surface area contributed by atoms with Gasteiger partial charge in [-0.2, -0.15) is 4.31 Å². The van der Waals surface area contributed by atoms with Crippen LogP contribution in [-0.2, 0) is 19.1 Å². The molecule has 0 unspecified atom stereocenters. The van der Waals surface area contributed by atoms with Crippen LogP contribution >= 0.6 is 22.3 Å². The van der Waals surface area contributed by atoms with Gasteiger partial charge in [-0.25, -0.2) is 16.8 Å². The Morgan fingerprint density at radius 2 is 1.60 bits per heavy atom. The van der Waals surface area contributed by atoms with Crippen LogP contribution in [0.1, 0.15) is 19.3 Å². The van der Waals surface area contributed by atoms with E-state index in [-0.39, 0.29) is 14.8 Å². The van der Waals surface area contributed by atoms with Gasteiger partial charge in [0.25, 0.3) is 9.05 Å². The fraction of sp³-hybridized carbons (Fsp3) is 0.455. The zero-order valence-electron chi connectivity index (χ0n) is 10.4. The van der Waals surface area contributed by atoms with Crippen molar-refractivity contribution in [1.82, 2.24) is 4.31 Å². The van der Waals surface area contributed by atoms with E-state index in [9.17, 15) is 16.8 Å². The summed E-state index contributed by atoms with van der Waals surface area (Å²) < 4.78 is 49.0. The van der Waals surface area contributed by atoms with Gasteiger partial charge in [0.05, 0.1) is 9.92 Å². The molecule has 20 heavy (non-hydrogen) atoms. The van der Waals surface area contributed by atoms with Crippen molar-refractivity contribution in [3.63, 3.8) is 0 Å². The minimum absolute atomic E-state index is 0.0994. The van der Waals surface area contributed by atoms with Crippen LogP contribution in [0.3, 0.4) is 0 Å². The van der Waals surface area contributed by atoms with E-state index in [0.29, 0.717) is 13.1 Å². The molecule has 1 aliphatic rings. The highest BCUT2D eigenvalue weighted by Crippen LogP contribution is 2.29. The van der Waals surface area contributed by atoms with Gasteiger partial charge in [-0.15, -0.1) is 0 Å². The summed E-state index contributed by atoms with van der Waals surface area (Å²) >= 11 is 5.74. The fourth-order valence-electron chi connectivity index (χ4n) is 2.09. The molecule has 1 fully saturated rings. The molecule has 0 N–H and O–H groups in total. The molecule has 0 atom stereocenters. The highest BCUT2D eigenvalue weighted by atomic mass is 35.7. The molecular formula is C11H13Cl2NO4S2. The van der Waals surface area contributed by atoms with Crippen LogP contribution in [0.5, 0.6) is 0 Å². The number of hydrogen-bond donors (Lipinski definition) is 0. The van der Waals surface area contributed by atoms with Crippen LogP contribution in [0.4, 0.5) is 0 Å². The molecule has 0 aromatic heterocycles. The second-order valence-electron chi connectivity index (χ2n) is 4.49. The number of hydrogen-bond acceptors (Lipinski definition) is 4. The Kier molecular flexibility index (Phi) is 4.66. The van der Waals surface area contributed by atoms with Gasteiger partial charge in [0.15, 0.2) is 0 Å². The normalized spacial score (nSPS) is 18.1. The Bertz CT molecular complexity index is 710. The number of rotatable bonds is 3. The van der Waals surface area contributed by atoms with Crippen LogP contribution in [0.2, 0.25) is 5.02 Å². The Morgan fingerprint density at radius 3 is 2.15 bits per heavy atom. The van der Waals surface area contributed by atoms with Crippen LogP contribution in [-0.4, -0.2) is 34.2 Å². The summed E-state index contributed by atoms with van der Waals surface area (Å²) in [5, 5.41) is -0.0994. The molecular weight excluding hydrogens is 345 g/mol. The molecule has 0 radical (unpaired) electrons. The monoisotopic (exact) mass is 357 g/mol. The molecule has 1 aromatic rings. The van der Waals surface area contributed by atoms with Gasteiger partial charge >= 0.3 is 0 Å². The Balaban J connectivity index is 2.47. The minimum Gasteiger partial charge on any atom is -0.207 e. The molecule has 1 heterocycles. The van der Waals surface area contributed by atoms with E-state index in [1.165, 1.54) is 16.4 Å². The molecule has 2 rings (SSSR count). The summed E-state index contributed by atoms with van der Waals surface area (Å²) in [6.45, 7) is 0.877. The zero-order valence-corrected chi connectivity index (χ0v) is 13.6. The van der Waals surface area contributed by atoms with E-state index in [1.54, 1.807) is 0 Å². The second kappa shape index (κ2) is 5.81. The number of halogens is 2. The van der Waals surface area contributed by atoms with E-state index in [4.69, 9.17) is 22.3 Å². The van der Waals surface area contributed by atoms with Gasteiger partial charge in [-0.3, -0.25) is 0 Å². The maximum Gasteiger partial charge on any atom is 0.262 e. The van der Waals surface area contributed by atoms with Gasteiger partial charge in [-0.1, -0.05) is 18.0 Å². The van der Waals surface area contributed by atoms with Gasteiger partial charge in [0.1, 0.15) is 4.90 Å². The Hall–Kier alpha value is -0.340. The average molecular weight is 358 g/mol. The van der Waals surface area contributed by atoms with E-state index in [1.807, 2.05) is 0 Å². The molecule has 5 nitrogen and oxygen atoms in total. The van der Waals surface area contributed by atoms with Crippen LogP contribution in [0.15, 0.2) is 28.0 Å². The van der Waals surface area contributed by atoms with Gasteiger partial charge < -0.3 is 0 Å². The smallest absolute Gasteiger partial charge is 0.207 e. The second-order valence-corrected chi connectivity index (χ2v) is 9.37. The lowest BCUT2D eigenvalue weighted by molar-refractivity contribution is 0.346. The van der Waals surface area contributed by atoms with Crippen LogP contribution < -0.4 is 0 Å². The lowest BCUT2D eigenvalue weighted by atomic mass is 10.2. The molecule has 0 spiro atoms. The largest absolute Gasteiger partial charge is 0.262 e. The quantitative estimate of drug-likeness (QED) is 0.778. The summed E-state index contributed by atoms with van der Waals surface area (Å²) in [4.78, 5) is -0.498. The zero-order chi connectivity index (χ0) is 15.0. The number of piperidine rings is 1. The van der Waals surface area contributed by atoms with E-state index >= 15 is 0 Å². The third-order valence-electron chi connectivity index (χ3n) is 3.12. The maximum absolute atomic E-state index is 12.4. The Labute approximate surface area is 128 Å². The van der Waals surface area contributed by atoms with Crippen molar-refractivity contribution >= 4 is 41.4 Å². The molecule has 1 aliphatic heterocycles. The topological polar surface area (TPSA) is 71.5 Å². The maximum atomic E-state index is 12.4. The van der Waals surface area contributed by atoms with Crippen molar-refractivity contribution in [2.75, 3.05) is 13.1 Å².